The van der Waals surface area contributed by atoms with E-state index in [2.05, 4.69) is 15.9 Å². The van der Waals surface area contributed by atoms with Crippen molar-refractivity contribution in [3.05, 3.63) is 65.6 Å². The fraction of sp³-hybridized carbons (Fsp3) is 0.400. The van der Waals surface area contributed by atoms with Gasteiger partial charge in [-0.05, 0) is 48.9 Å². The molecule has 0 bridgehead atoms. The Bertz CT molecular complexity index is 1100. The van der Waals surface area contributed by atoms with Crippen LogP contribution in [0.15, 0.2) is 38.3 Å². The van der Waals surface area contributed by atoms with Gasteiger partial charge in [0.1, 0.15) is 4.83 Å². The van der Waals surface area contributed by atoms with E-state index in [1.54, 1.807) is 23.0 Å². The molecule has 4 rings (SSSR count). The molecule has 2 heterocycles. The summed E-state index contributed by atoms with van der Waals surface area (Å²) in [4.78, 5) is 28.4. The zero-order chi connectivity index (χ0) is 19.0. The van der Waals surface area contributed by atoms with E-state index in [4.69, 9.17) is 4.74 Å². The first-order chi connectivity index (χ1) is 13.1. The number of aryl methyl sites for hydroxylation is 2. The van der Waals surface area contributed by atoms with E-state index in [9.17, 15) is 9.59 Å². The van der Waals surface area contributed by atoms with E-state index >= 15 is 0 Å². The summed E-state index contributed by atoms with van der Waals surface area (Å²) < 4.78 is 9.23. The number of benzene rings is 1. The van der Waals surface area contributed by atoms with Gasteiger partial charge in [0.25, 0.3) is 5.56 Å². The van der Waals surface area contributed by atoms with Crippen LogP contribution in [0.1, 0.15) is 28.8 Å². The highest BCUT2D eigenvalue weighted by molar-refractivity contribution is 9.10. The van der Waals surface area contributed by atoms with Crippen molar-refractivity contribution in [2.75, 3.05) is 13.7 Å². The topological polar surface area (TPSA) is 53.2 Å². The van der Waals surface area contributed by atoms with Gasteiger partial charge in [0.2, 0.25) is 0 Å². The number of fused-ring (bicyclic) bond motifs is 3. The highest BCUT2D eigenvalue weighted by Gasteiger charge is 2.23. The molecule has 0 fully saturated rings. The lowest BCUT2D eigenvalue weighted by atomic mass is 9.97. The van der Waals surface area contributed by atoms with E-state index in [0.717, 1.165) is 51.5 Å². The number of halogens is 1. The van der Waals surface area contributed by atoms with Crippen LogP contribution in [0.3, 0.4) is 0 Å². The van der Waals surface area contributed by atoms with Gasteiger partial charge in [-0.1, -0.05) is 28.1 Å². The minimum Gasteiger partial charge on any atom is -0.383 e. The molecule has 0 radical (unpaired) electrons. The fourth-order valence-corrected chi connectivity index (χ4v) is 5.34. The summed E-state index contributed by atoms with van der Waals surface area (Å²) in [5.74, 6) is 0. The molecule has 0 amide bonds. The van der Waals surface area contributed by atoms with Crippen LogP contribution in [0.25, 0.3) is 10.2 Å². The summed E-state index contributed by atoms with van der Waals surface area (Å²) in [6, 6.07) is 7.94. The van der Waals surface area contributed by atoms with Crippen LogP contribution in [0.5, 0.6) is 0 Å². The number of thiophene rings is 1. The van der Waals surface area contributed by atoms with Crippen molar-refractivity contribution in [3.63, 3.8) is 0 Å². The highest BCUT2D eigenvalue weighted by atomic mass is 79.9. The molecule has 0 unspecified atom stereocenters. The Kier molecular flexibility index (Phi) is 5.34. The van der Waals surface area contributed by atoms with Gasteiger partial charge in [-0.25, -0.2) is 4.79 Å². The monoisotopic (exact) mass is 448 g/mol. The quantitative estimate of drug-likeness (QED) is 0.599. The summed E-state index contributed by atoms with van der Waals surface area (Å²) in [6.07, 6.45) is 4.17. The fourth-order valence-electron chi connectivity index (χ4n) is 3.71. The number of rotatable bonds is 5. The lowest BCUT2D eigenvalue weighted by molar-refractivity contribution is 0.184. The molecular formula is C20H21BrN2O3S. The first kappa shape index (κ1) is 18.7. The SMILES string of the molecule is COCCn1c(=O)c2c3c(sc2n(Cc2ccc(Br)cc2)c1=O)CCCC3. The van der Waals surface area contributed by atoms with Crippen LogP contribution < -0.4 is 11.2 Å². The Morgan fingerprint density at radius 1 is 1.11 bits per heavy atom. The number of hydrogen-bond acceptors (Lipinski definition) is 4. The normalized spacial score (nSPS) is 13.9. The number of hydrogen-bond donors (Lipinski definition) is 0. The second-order valence-corrected chi connectivity index (χ2v) is 8.84. The maximum Gasteiger partial charge on any atom is 0.332 e. The minimum atomic E-state index is -0.258. The minimum absolute atomic E-state index is 0.168. The van der Waals surface area contributed by atoms with Gasteiger partial charge in [0.15, 0.2) is 0 Å². The maximum absolute atomic E-state index is 13.2. The average Bonchev–Trinajstić information content (AvgIpc) is 3.06. The van der Waals surface area contributed by atoms with Gasteiger partial charge in [-0.2, -0.15) is 0 Å². The number of ether oxygens (including phenoxy) is 1. The average molecular weight is 449 g/mol. The zero-order valence-electron chi connectivity index (χ0n) is 15.2. The Hall–Kier alpha value is -1.70. The van der Waals surface area contributed by atoms with Crippen molar-refractivity contribution in [1.29, 1.82) is 0 Å². The summed E-state index contributed by atoms with van der Waals surface area (Å²) in [6.45, 7) is 1.07. The van der Waals surface area contributed by atoms with Crippen molar-refractivity contribution in [3.8, 4) is 0 Å². The molecule has 0 saturated carbocycles. The molecule has 0 atom stereocenters. The third-order valence-corrected chi connectivity index (χ3v) is 6.94. The number of aromatic nitrogens is 2. The predicted molar refractivity (Wildman–Crippen MR) is 112 cm³/mol. The first-order valence-corrected chi connectivity index (χ1v) is 10.7. The van der Waals surface area contributed by atoms with Gasteiger partial charge >= 0.3 is 5.69 Å². The molecule has 1 aliphatic carbocycles. The van der Waals surface area contributed by atoms with Gasteiger partial charge in [-0.3, -0.25) is 13.9 Å². The van der Waals surface area contributed by atoms with Crippen molar-refractivity contribution in [1.82, 2.24) is 9.13 Å². The molecule has 3 aromatic rings. The third-order valence-electron chi connectivity index (χ3n) is 5.09. The maximum atomic E-state index is 13.2. The second kappa shape index (κ2) is 7.73. The van der Waals surface area contributed by atoms with Crippen LogP contribution in [-0.2, 0) is 30.7 Å². The molecule has 7 heteroatoms. The standard InChI is InChI=1S/C20H21BrN2O3S/c1-26-11-10-22-18(24)17-15-4-2-3-5-16(15)27-19(17)23(20(22)25)12-13-6-8-14(21)9-7-13/h6-9H,2-5,10-12H2,1H3. The van der Waals surface area contributed by atoms with Crippen molar-refractivity contribution in [2.24, 2.45) is 0 Å². The smallest absolute Gasteiger partial charge is 0.332 e. The van der Waals surface area contributed by atoms with E-state index in [1.807, 2.05) is 24.3 Å². The first-order valence-electron chi connectivity index (χ1n) is 9.11. The summed E-state index contributed by atoms with van der Waals surface area (Å²) in [5.41, 5.74) is 1.76. The lowest BCUT2D eigenvalue weighted by Crippen LogP contribution is -2.41. The molecule has 0 N–H and O–H groups in total. The number of nitrogens with zero attached hydrogens (tertiary/aromatic N) is 2. The Morgan fingerprint density at radius 2 is 1.85 bits per heavy atom. The molecule has 1 aromatic carbocycles. The molecule has 0 spiro atoms. The van der Waals surface area contributed by atoms with Gasteiger partial charge in [0, 0.05) is 16.5 Å². The summed E-state index contributed by atoms with van der Waals surface area (Å²) in [7, 11) is 1.58. The number of methoxy groups -OCH3 is 1. The molecule has 0 saturated heterocycles. The molecule has 1 aliphatic rings. The zero-order valence-corrected chi connectivity index (χ0v) is 17.6. The summed E-state index contributed by atoms with van der Waals surface area (Å²) >= 11 is 5.07. The van der Waals surface area contributed by atoms with Crippen molar-refractivity contribution >= 4 is 37.5 Å². The van der Waals surface area contributed by atoms with E-state index in [1.165, 1.54) is 9.44 Å². The molecule has 5 nitrogen and oxygen atoms in total. The predicted octanol–water partition coefficient (Wildman–Crippen LogP) is 3.56. The largest absolute Gasteiger partial charge is 0.383 e. The van der Waals surface area contributed by atoms with Crippen LogP contribution in [0.4, 0.5) is 0 Å². The molecular weight excluding hydrogens is 428 g/mol. The van der Waals surface area contributed by atoms with Gasteiger partial charge < -0.3 is 4.74 Å². The Morgan fingerprint density at radius 3 is 2.59 bits per heavy atom. The van der Waals surface area contributed by atoms with Crippen LogP contribution in [0.2, 0.25) is 0 Å². The van der Waals surface area contributed by atoms with Crippen molar-refractivity contribution in [2.45, 2.75) is 38.8 Å². The molecule has 142 valence electrons. The van der Waals surface area contributed by atoms with E-state index in [0.29, 0.717) is 13.2 Å². The van der Waals surface area contributed by atoms with Gasteiger partial charge in [0.05, 0.1) is 25.1 Å². The van der Waals surface area contributed by atoms with Crippen LogP contribution >= 0.6 is 27.3 Å². The summed E-state index contributed by atoms with van der Waals surface area (Å²) in [5, 5.41) is 0.738. The van der Waals surface area contributed by atoms with Crippen molar-refractivity contribution < 1.29 is 4.74 Å². The van der Waals surface area contributed by atoms with Crippen LogP contribution in [-0.4, -0.2) is 22.9 Å². The molecule has 0 aliphatic heterocycles. The molecule has 2 aromatic heterocycles. The van der Waals surface area contributed by atoms with E-state index < -0.39 is 0 Å². The third kappa shape index (κ3) is 3.44. The molecule has 27 heavy (non-hydrogen) atoms. The lowest BCUT2D eigenvalue weighted by Gasteiger charge is -2.13. The Balaban J connectivity index is 1.95. The van der Waals surface area contributed by atoms with Crippen LogP contribution in [0, 0.1) is 0 Å². The van der Waals surface area contributed by atoms with E-state index in [-0.39, 0.29) is 17.8 Å². The highest BCUT2D eigenvalue weighted by Crippen LogP contribution is 2.34. The van der Waals surface area contributed by atoms with Gasteiger partial charge in [-0.15, -0.1) is 11.3 Å². The Labute approximate surface area is 169 Å². The second-order valence-electron chi connectivity index (χ2n) is 6.84.